The number of methoxy groups -OCH3 is 1. The number of hydrogen-bond acceptors (Lipinski definition) is 6. The number of carbonyl (C=O) groups is 2. The third kappa shape index (κ3) is 4.75. The minimum absolute atomic E-state index is 0.0354. The fraction of sp³-hybridized carbons (Fsp3) is 0.214. The number of benzene rings is 3. The van der Waals surface area contributed by atoms with Gasteiger partial charge in [0.2, 0.25) is 0 Å². The van der Waals surface area contributed by atoms with E-state index in [4.69, 9.17) is 25.8 Å². The van der Waals surface area contributed by atoms with E-state index in [0.717, 1.165) is 0 Å². The molecule has 7 nitrogen and oxygen atoms in total. The van der Waals surface area contributed by atoms with Gasteiger partial charge in [0.15, 0.2) is 11.5 Å². The van der Waals surface area contributed by atoms with Crippen LogP contribution in [0.25, 0.3) is 5.76 Å². The minimum Gasteiger partial charge on any atom is -0.507 e. The van der Waals surface area contributed by atoms with E-state index in [9.17, 15) is 14.7 Å². The summed E-state index contributed by atoms with van der Waals surface area (Å²) in [5.74, 6) is -0.245. The van der Waals surface area contributed by atoms with E-state index in [0.29, 0.717) is 52.3 Å². The predicted octanol–water partition coefficient (Wildman–Crippen LogP) is 5.77. The van der Waals surface area contributed by atoms with E-state index in [-0.39, 0.29) is 11.3 Å². The van der Waals surface area contributed by atoms with Gasteiger partial charge in [-0.25, -0.2) is 0 Å². The fourth-order valence-electron chi connectivity index (χ4n) is 4.18. The van der Waals surface area contributed by atoms with E-state index >= 15 is 0 Å². The highest BCUT2D eigenvalue weighted by atomic mass is 35.5. The van der Waals surface area contributed by atoms with Gasteiger partial charge in [0, 0.05) is 16.3 Å². The summed E-state index contributed by atoms with van der Waals surface area (Å²) in [5, 5.41) is 11.8. The van der Waals surface area contributed by atoms with Crippen LogP contribution < -0.4 is 19.1 Å². The first kappa shape index (κ1) is 25.1. The topological polar surface area (TPSA) is 85.3 Å². The Morgan fingerprint density at radius 2 is 1.58 bits per heavy atom. The van der Waals surface area contributed by atoms with Crippen LogP contribution in [0.2, 0.25) is 5.02 Å². The first-order valence-electron chi connectivity index (χ1n) is 11.5. The van der Waals surface area contributed by atoms with Crippen molar-refractivity contribution in [1.29, 1.82) is 0 Å². The smallest absolute Gasteiger partial charge is 0.300 e. The molecule has 0 saturated carbocycles. The van der Waals surface area contributed by atoms with E-state index < -0.39 is 17.7 Å². The second-order valence-electron chi connectivity index (χ2n) is 7.95. The highest BCUT2D eigenvalue weighted by Crippen LogP contribution is 2.44. The summed E-state index contributed by atoms with van der Waals surface area (Å²) >= 11 is 6.06. The zero-order valence-corrected chi connectivity index (χ0v) is 20.9. The Morgan fingerprint density at radius 1 is 0.917 bits per heavy atom. The molecule has 1 aliphatic rings. The van der Waals surface area contributed by atoms with Crippen molar-refractivity contribution < 1.29 is 28.9 Å². The maximum atomic E-state index is 13.3. The molecule has 36 heavy (non-hydrogen) atoms. The monoisotopic (exact) mass is 507 g/mol. The van der Waals surface area contributed by atoms with Crippen LogP contribution >= 0.6 is 11.6 Å². The lowest BCUT2D eigenvalue weighted by molar-refractivity contribution is -0.132. The molecule has 1 fully saturated rings. The van der Waals surface area contributed by atoms with Crippen molar-refractivity contribution in [3.63, 3.8) is 0 Å². The molecule has 0 aromatic heterocycles. The molecule has 0 radical (unpaired) electrons. The second kappa shape index (κ2) is 10.7. The van der Waals surface area contributed by atoms with Crippen molar-refractivity contribution in [3.8, 4) is 17.2 Å². The average molecular weight is 508 g/mol. The summed E-state index contributed by atoms with van der Waals surface area (Å²) in [4.78, 5) is 28.0. The van der Waals surface area contributed by atoms with E-state index in [1.54, 1.807) is 66.7 Å². The number of anilines is 1. The molecule has 1 N–H and O–H groups in total. The molecule has 1 atom stereocenters. The lowest BCUT2D eigenvalue weighted by Crippen LogP contribution is -2.29. The summed E-state index contributed by atoms with van der Waals surface area (Å²) in [7, 11) is 1.53. The number of carbonyl (C=O) groups excluding carboxylic acids is 2. The number of aliphatic hydroxyl groups excluding tert-OH is 1. The largest absolute Gasteiger partial charge is 0.507 e. The van der Waals surface area contributed by atoms with Crippen LogP contribution in [-0.2, 0) is 9.59 Å². The van der Waals surface area contributed by atoms with E-state index in [1.807, 2.05) is 13.8 Å². The number of amides is 1. The molecule has 3 aromatic carbocycles. The molecule has 3 aromatic rings. The number of Topliss-reactive ketones (excluding diaryl/α,β-unsaturated/α-hetero) is 1. The zero-order chi connectivity index (χ0) is 25.8. The van der Waals surface area contributed by atoms with Crippen molar-refractivity contribution in [2.45, 2.75) is 19.9 Å². The first-order valence-corrected chi connectivity index (χ1v) is 11.9. The van der Waals surface area contributed by atoms with Crippen LogP contribution in [0.5, 0.6) is 17.2 Å². The highest BCUT2D eigenvalue weighted by molar-refractivity contribution is 6.51. The van der Waals surface area contributed by atoms with Crippen molar-refractivity contribution in [2.75, 3.05) is 25.2 Å². The Hall–Kier alpha value is -3.97. The summed E-state index contributed by atoms with van der Waals surface area (Å²) in [5.41, 5.74) is 1.38. The third-order valence-corrected chi connectivity index (χ3v) is 6.04. The Morgan fingerprint density at radius 3 is 2.19 bits per heavy atom. The van der Waals surface area contributed by atoms with Crippen molar-refractivity contribution in [1.82, 2.24) is 0 Å². The number of hydrogen-bond donors (Lipinski definition) is 1. The second-order valence-corrected chi connectivity index (χ2v) is 8.38. The molecule has 1 heterocycles. The summed E-state index contributed by atoms with van der Waals surface area (Å²) in [6.07, 6.45) is 0. The molecule has 1 amide bonds. The van der Waals surface area contributed by atoms with Gasteiger partial charge in [0.25, 0.3) is 11.7 Å². The molecule has 0 bridgehead atoms. The average Bonchev–Trinajstić information content (AvgIpc) is 3.15. The van der Waals surface area contributed by atoms with E-state index in [1.165, 1.54) is 12.0 Å². The zero-order valence-electron chi connectivity index (χ0n) is 20.2. The SMILES string of the molecule is CCOc1ccc(/C(O)=C2/C(=O)C(=O)N(c3ccc(Cl)cc3)C2c2ccc(OC)c(OCC)c2)cc1. The van der Waals surface area contributed by atoms with Crippen LogP contribution in [0.4, 0.5) is 5.69 Å². The van der Waals surface area contributed by atoms with Gasteiger partial charge in [-0.2, -0.15) is 0 Å². The van der Waals surface area contributed by atoms with Gasteiger partial charge in [0.05, 0.1) is 31.9 Å². The summed E-state index contributed by atoms with van der Waals surface area (Å²) in [6, 6.07) is 17.5. The number of ketones is 1. The third-order valence-electron chi connectivity index (χ3n) is 5.79. The Labute approximate surface area is 214 Å². The van der Waals surface area contributed by atoms with Crippen LogP contribution in [0.15, 0.2) is 72.3 Å². The maximum Gasteiger partial charge on any atom is 0.300 e. The number of aliphatic hydroxyl groups is 1. The molecule has 4 rings (SSSR count). The lowest BCUT2D eigenvalue weighted by atomic mass is 9.94. The number of nitrogens with zero attached hydrogens (tertiary/aromatic N) is 1. The standard InChI is InChI=1S/C28H26ClNO6/c1-4-35-21-13-6-17(7-14-21)26(31)24-25(18-8-15-22(34-3)23(16-18)36-5-2)30(28(33)27(24)32)20-11-9-19(29)10-12-20/h6-16,25,31H,4-5H2,1-3H3/b26-24-. The minimum atomic E-state index is -0.914. The number of ether oxygens (including phenoxy) is 3. The molecule has 8 heteroatoms. The van der Waals surface area contributed by atoms with Crippen LogP contribution in [0, 0.1) is 0 Å². The number of halogens is 1. The summed E-state index contributed by atoms with van der Waals surface area (Å²) < 4.78 is 16.6. The molecule has 1 saturated heterocycles. The van der Waals surface area contributed by atoms with Crippen molar-refractivity contribution in [3.05, 3.63) is 88.5 Å². The van der Waals surface area contributed by atoms with E-state index in [2.05, 4.69) is 0 Å². The first-order chi connectivity index (χ1) is 17.4. The lowest BCUT2D eigenvalue weighted by Gasteiger charge is -2.26. The molecule has 1 unspecified atom stereocenters. The van der Waals surface area contributed by atoms with Gasteiger partial charge in [-0.1, -0.05) is 17.7 Å². The molecule has 186 valence electrons. The quantitative estimate of drug-likeness (QED) is 0.236. The van der Waals surface area contributed by atoms with Crippen LogP contribution in [0.1, 0.15) is 31.0 Å². The highest BCUT2D eigenvalue weighted by Gasteiger charge is 2.47. The normalized spacial score (nSPS) is 16.8. The van der Waals surface area contributed by atoms with Crippen LogP contribution in [-0.4, -0.2) is 37.1 Å². The molecule has 1 aliphatic heterocycles. The van der Waals surface area contributed by atoms with Gasteiger partial charge < -0.3 is 19.3 Å². The summed E-state index contributed by atoms with van der Waals surface area (Å²) in [6.45, 7) is 4.61. The van der Waals surface area contributed by atoms with Crippen molar-refractivity contribution >= 4 is 34.7 Å². The molecular formula is C28H26ClNO6. The molecule has 0 aliphatic carbocycles. The Kier molecular flexibility index (Phi) is 7.50. The van der Waals surface area contributed by atoms with Gasteiger partial charge in [-0.3, -0.25) is 14.5 Å². The Balaban J connectivity index is 1.91. The molecular weight excluding hydrogens is 482 g/mol. The van der Waals surface area contributed by atoms with Gasteiger partial charge in [0.1, 0.15) is 11.5 Å². The predicted molar refractivity (Wildman–Crippen MR) is 138 cm³/mol. The van der Waals surface area contributed by atoms with Gasteiger partial charge in [-0.15, -0.1) is 0 Å². The van der Waals surface area contributed by atoms with Crippen molar-refractivity contribution in [2.24, 2.45) is 0 Å². The molecule has 0 spiro atoms. The fourth-order valence-corrected chi connectivity index (χ4v) is 4.30. The Bertz CT molecular complexity index is 1300. The van der Waals surface area contributed by atoms with Crippen LogP contribution in [0.3, 0.4) is 0 Å². The van der Waals surface area contributed by atoms with Gasteiger partial charge in [-0.05, 0) is 80.1 Å². The van der Waals surface area contributed by atoms with Gasteiger partial charge >= 0.3 is 0 Å². The number of rotatable bonds is 8. The maximum absolute atomic E-state index is 13.3.